The Balaban J connectivity index is 1.68. The Morgan fingerprint density at radius 1 is 1.27 bits per heavy atom. The predicted octanol–water partition coefficient (Wildman–Crippen LogP) is 2.43. The van der Waals surface area contributed by atoms with Crippen LogP contribution < -0.4 is 10.6 Å². The molecule has 0 bridgehead atoms. The highest BCUT2D eigenvalue weighted by molar-refractivity contribution is 5.91. The summed E-state index contributed by atoms with van der Waals surface area (Å²) in [5.41, 5.74) is 2.94. The second-order valence-electron chi connectivity index (χ2n) is 5.67. The number of hydrogen-bond acceptors (Lipinski definition) is 3. The smallest absolute Gasteiger partial charge is 0.225 e. The van der Waals surface area contributed by atoms with Gasteiger partial charge >= 0.3 is 0 Å². The lowest BCUT2D eigenvalue weighted by molar-refractivity contribution is -0.116. The minimum atomic E-state index is 0.0274. The van der Waals surface area contributed by atoms with Gasteiger partial charge in [-0.3, -0.25) is 4.79 Å². The SMILES string of the molecule is CNCCC(=O)Nc1ccc(-c2cn3c(n2)CCCC3)cc1. The Kier molecular flexibility index (Phi) is 4.53. The molecule has 5 nitrogen and oxygen atoms in total. The largest absolute Gasteiger partial charge is 0.334 e. The van der Waals surface area contributed by atoms with Crippen LogP contribution in [-0.2, 0) is 17.8 Å². The zero-order valence-electron chi connectivity index (χ0n) is 12.9. The molecule has 1 amide bonds. The van der Waals surface area contributed by atoms with Crippen molar-refractivity contribution >= 4 is 11.6 Å². The number of amides is 1. The van der Waals surface area contributed by atoms with E-state index in [1.54, 1.807) is 0 Å². The Morgan fingerprint density at radius 3 is 2.82 bits per heavy atom. The second kappa shape index (κ2) is 6.75. The van der Waals surface area contributed by atoms with Gasteiger partial charge in [0.2, 0.25) is 5.91 Å². The zero-order valence-corrected chi connectivity index (χ0v) is 12.9. The van der Waals surface area contributed by atoms with Crippen LogP contribution in [0.25, 0.3) is 11.3 Å². The summed E-state index contributed by atoms with van der Waals surface area (Å²) in [6.45, 7) is 1.76. The minimum Gasteiger partial charge on any atom is -0.334 e. The number of fused-ring (bicyclic) bond motifs is 1. The molecule has 2 heterocycles. The first-order valence-electron chi connectivity index (χ1n) is 7.87. The Morgan fingerprint density at radius 2 is 2.09 bits per heavy atom. The number of imidazole rings is 1. The number of nitrogens with zero attached hydrogens (tertiary/aromatic N) is 2. The van der Waals surface area contributed by atoms with Gasteiger partial charge in [0, 0.05) is 43.4 Å². The molecule has 5 heteroatoms. The minimum absolute atomic E-state index is 0.0274. The van der Waals surface area contributed by atoms with Crippen LogP contribution in [0.3, 0.4) is 0 Å². The van der Waals surface area contributed by atoms with E-state index in [1.165, 1.54) is 18.7 Å². The van der Waals surface area contributed by atoms with Crippen LogP contribution >= 0.6 is 0 Å². The Labute approximate surface area is 130 Å². The predicted molar refractivity (Wildman–Crippen MR) is 87.8 cm³/mol. The zero-order chi connectivity index (χ0) is 15.4. The fraction of sp³-hybridized carbons (Fsp3) is 0.412. The van der Waals surface area contributed by atoms with Crippen LogP contribution in [0.4, 0.5) is 5.69 Å². The van der Waals surface area contributed by atoms with Crippen LogP contribution in [0.15, 0.2) is 30.5 Å². The van der Waals surface area contributed by atoms with Crippen molar-refractivity contribution in [2.75, 3.05) is 18.9 Å². The summed E-state index contributed by atoms with van der Waals surface area (Å²) in [7, 11) is 1.84. The third-order valence-corrected chi connectivity index (χ3v) is 3.98. The average molecular weight is 298 g/mol. The number of carbonyl (C=O) groups excluding carboxylic acids is 1. The maximum Gasteiger partial charge on any atom is 0.225 e. The molecule has 0 fully saturated rings. The van der Waals surface area contributed by atoms with Gasteiger partial charge in [-0.2, -0.15) is 0 Å². The molecular weight excluding hydrogens is 276 g/mol. The Hall–Kier alpha value is -2.14. The van der Waals surface area contributed by atoms with E-state index in [-0.39, 0.29) is 5.91 Å². The number of hydrogen-bond donors (Lipinski definition) is 2. The fourth-order valence-electron chi connectivity index (χ4n) is 2.74. The fourth-order valence-corrected chi connectivity index (χ4v) is 2.74. The summed E-state index contributed by atoms with van der Waals surface area (Å²) in [5.74, 6) is 1.21. The molecule has 1 aromatic heterocycles. The van der Waals surface area contributed by atoms with E-state index in [0.717, 1.165) is 29.9 Å². The maximum atomic E-state index is 11.7. The topological polar surface area (TPSA) is 59.0 Å². The number of aromatic nitrogens is 2. The average Bonchev–Trinajstić information content (AvgIpc) is 2.97. The molecule has 116 valence electrons. The second-order valence-corrected chi connectivity index (χ2v) is 5.67. The molecule has 0 spiro atoms. The first-order chi connectivity index (χ1) is 10.8. The van der Waals surface area contributed by atoms with Crippen LogP contribution in [0.2, 0.25) is 0 Å². The molecule has 22 heavy (non-hydrogen) atoms. The highest BCUT2D eigenvalue weighted by Crippen LogP contribution is 2.23. The molecule has 1 aliphatic heterocycles. The standard InChI is InChI=1S/C17H22N4O/c1-18-10-9-17(22)19-14-7-5-13(6-8-14)15-12-21-11-3-2-4-16(21)20-15/h5-8,12,18H,2-4,9-11H2,1H3,(H,19,22). The van der Waals surface area contributed by atoms with Gasteiger partial charge in [0.25, 0.3) is 0 Å². The van der Waals surface area contributed by atoms with Crippen molar-refractivity contribution in [2.45, 2.75) is 32.2 Å². The lowest BCUT2D eigenvalue weighted by Gasteiger charge is -2.11. The van der Waals surface area contributed by atoms with E-state index in [2.05, 4.69) is 21.4 Å². The molecule has 1 aliphatic rings. The van der Waals surface area contributed by atoms with Crippen molar-refractivity contribution in [1.29, 1.82) is 0 Å². The monoisotopic (exact) mass is 298 g/mol. The van der Waals surface area contributed by atoms with Gasteiger partial charge in [-0.1, -0.05) is 12.1 Å². The number of anilines is 1. The molecule has 0 saturated heterocycles. The van der Waals surface area contributed by atoms with E-state index in [0.29, 0.717) is 13.0 Å². The van der Waals surface area contributed by atoms with Gasteiger partial charge in [0.05, 0.1) is 5.69 Å². The van der Waals surface area contributed by atoms with Crippen molar-refractivity contribution in [1.82, 2.24) is 14.9 Å². The normalized spacial score (nSPS) is 13.7. The summed E-state index contributed by atoms with van der Waals surface area (Å²) in [4.78, 5) is 16.4. The highest BCUT2D eigenvalue weighted by Gasteiger charge is 2.13. The number of carbonyl (C=O) groups is 1. The molecule has 1 aromatic carbocycles. The molecule has 0 radical (unpaired) electrons. The molecule has 3 rings (SSSR count). The summed E-state index contributed by atoms with van der Waals surface area (Å²) < 4.78 is 2.26. The summed E-state index contributed by atoms with van der Waals surface area (Å²) >= 11 is 0. The van der Waals surface area contributed by atoms with E-state index < -0.39 is 0 Å². The molecule has 0 aliphatic carbocycles. The van der Waals surface area contributed by atoms with Crippen molar-refractivity contribution in [3.05, 3.63) is 36.3 Å². The molecule has 0 atom stereocenters. The first-order valence-corrected chi connectivity index (χ1v) is 7.87. The quantitative estimate of drug-likeness (QED) is 0.891. The van der Waals surface area contributed by atoms with Gasteiger partial charge in [0.15, 0.2) is 0 Å². The van der Waals surface area contributed by atoms with Gasteiger partial charge in [-0.15, -0.1) is 0 Å². The van der Waals surface area contributed by atoms with Crippen LogP contribution in [0.5, 0.6) is 0 Å². The van der Waals surface area contributed by atoms with Crippen LogP contribution in [-0.4, -0.2) is 29.1 Å². The number of nitrogens with one attached hydrogen (secondary N) is 2. The summed E-state index contributed by atoms with van der Waals surface area (Å²) in [6, 6.07) is 7.90. The molecular formula is C17H22N4O. The van der Waals surface area contributed by atoms with Crippen molar-refractivity contribution in [3.8, 4) is 11.3 Å². The van der Waals surface area contributed by atoms with Crippen molar-refractivity contribution in [2.24, 2.45) is 0 Å². The molecule has 2 aromatic rings. The summed E-state index contributed by atoms with van der Waals surface area (Å²) in [5, 5.41) is 5.87. The Bertz CT molecular complexity index is 622. The van der Waals surface area contributed by atoms with Gasteiger partial charge in [-0.05, 0) is 32.0 Å². The van der Waals surface area contributed by atoms with Crippen LogP contribution in [0.1, 0.15) is 25.1 Å². The number of aryl methyl sites for hydroxylation is 2. The van der Waals surface area contributed by atoms with Crippen molar-refractivity contribution in [3.63, 3.8) is 0 Å². The van der Waals surface area contributed by atoms with Gasteiger partial charge < -0.3 is 15.2 Å². The summed E-state index contributed by atoms with van der Waals surface area (Å²) in [6.07, 6.45) is 6.15. The molecule has 2 N–H and O–H groups in total. The first kappa shape index (κ1) is 14.8. The van der Waals surface area contributed by atoms with Gasteiger partial charge in [-0.25, -0.2) is 4.98 Å². The third-order valence-electron chi connectivity index (χ3n) is 3.98. The molecule has 0 unspecified atom stereocenters. The number of benzene rings is 1. The lowest BCUT2D eigenvalue weighted by atomic mass is 10.1. The van der Waals surface area contributed by atoms with E-state index >= 15 is 0 Å². The van der Waals surface area contributed by atoms with Crippen molar-refractivity contribution < 1.29 is 4.79 Å². The van der Waals surface area contributed by atoms with E-state index in [1.807, 2.05) is 31.3 Å². The molecule has 0 saturated carbocycles. The van der Waals surface area contributed by atoms with Gasteiger partial charge in [0.1, 0.15) is 5.82 Å². The number of rotatable bonds is 5. The van der Waals surface area contributed by atoms with E-state index in [9.17, 15) is 4.79 Å². The lowest BCUT2D eigenvalue weighted by Crippen LogP contribution is -2.18. The van der Waals surface area contributed by atoms with E-state index in [4.69, 9.17) is 4.98 Å². The highest BCUT2D eigenvalue weighted by atomic mass is 16.1. The maximum absolute atomic E-state index is 11.7. The van der Waals surface area contributed by atoms with Crippen LogP contribution in [0, 0.1) is 0 Å². The third kappa shape index (κ3) is 3.36.